The van der Waals surface area contributed by atoms with Crippen molar-refractivity contribution in [3.05, 3.63) is 65.2 Å². The summed E-state index contributed by atoms with van der Waals surface area (Å²) in [4.78, 5) is 4.43. The summed E-state index contributed by atoms with van der Waals surface area (Å²) in [6, 6.07) is 10.9. The van der Waals surface area contributed by atoms with Crippen molar-refractivity contribution >= 4 is 0 Å². The fraction of sp³-hybridized carbons (Fsp3) is 0.353. The predicted octanol–water partition coefficient (Wildman–Crippen LogP) is 3.98. The van der Waals surface area contributed by atoms with Gasteiger partial charge in [-0.1, -0.05) is 26.0 Å². The Hall–Kier alpha value is -1.74. The number of pyridine rings is 1. The Kier molecular flexibility index (Phi) is 4.85. The molecule has 2 nitrogen and oxygen atoms in total. The maximum Gasteiger partial charge on any atom is 0.123 e. The first-order valence-electron chi connectivity index (χ1n) is 7.03. The molecule has 3 heteroatoms. The van der Waals surface area contributed by atoms with Gasteiger partial charge in [-0.05, 0) is 48.9 Å². The molecule has 0 bridgehead atoms. The van der Waals surface area contributed by atoms with Crippen LogP contribution in [-0.2, 0) is 0 Å². The molecule has 2 aromatic rings. The summed E-state index contributed by atoms with van der Waals surface area (Å²) >= 11 is 0. The van der Waals surface area contributed by atoms with Crippen molar-refractivity contribution in [2.75, 3.05) is 6.54 Å². The smallest absolute Gasteiger partial charge is 0.123 e. The SMILES string of the molecule is CCNC(c1cc(F)ccc1C)C(C)c1ccccn1. The number of halogens is 1. The second-order valence-corrected chi connectivity index (χ2v) is 5.08. The van der Waals surface area contributed by atoms with Crippen molar-refractivity contribution in [1.29, 1.82) is 0 Å². The molecule has 1 N–H and O–H groups in total. The Bertz CT molecular complexity index is 554. The van der Waals surface area contributed by atoms with Crippen molar-refractivity contribution in [3.63, 3.8) is 0 Å². The molecule has 106 valence electrons. The van der Waals surface area contributed by atoms with Gasteiger partial charge in [-0.25, -0.2) is 4.39 Å². The average Bonchev–Trinajstić information content (AvgIpc) is 2.48. The second kappa shape index (κ2) is 6.62. The average molecular weight is 272 g/mol. The summed E-state index contributed by atoms with van der Waals surface area (Å²) in [7, 11) is 0. The molecule has 0 radical (unpaired) electrons. The molecule has 1 heterocycles. The van der Waals surface area contributed by atoms with Gasteiger partial charge in [-0.15, -0.1) is 0 Å². The number of nitrogens with zero attached hydrogens (tertiary/aromatic N) is 1. The van der Waals surface area contributed by atoms with E-state index in [0.29, 0.717) is 0 Å². The molecule has 0 aliphatic carbocycles. The van der Waals surface area contributed by atoms with Gasteiger partial charge in [0.25, 0.3) is 0 Å². The molecule has 2 unspecified atom stereocenters. The maximum absolute atomic E-state index is 13.6. The van der Waals surface area contributed by atoms with E-state index in [1.165, 1.54) is 6.07 Å². The Balaban J connectivity index is 2.38. The van der Waals surface area contributed by atoms with E-state index in [2.05, 4.69) is 24.1 Å². The molecular formula is C17H21FN2. The predicted molar refractivity (Wildman–Crippen MR) is 80.2 cm³/mol. The zero-order valence-electron chi connectivity index (χ0n) is 12.2. The van der Waals surface area contributed by atoms with E-state index in [-0.39, 0.29) is 17.8 Å². The normalized spacial score (nSPS) is 14.0. The summed E-state index contributed by atoms with van der Waals surface area (Å²) in [5.74, 6) is -0.0154. The third-order valence-electron chi connectivity index (χ3n) is 3.65. The van der Waals surface area contributed by atoms with Crippen molar-refractivity contribution in [2.24, 2.45) is 0 Å². The Morgan fingerprint density at radius 1 is 1.25 bits per heavy atom. The van der Waals surface area contributed by atoms with Crippen LogP contribution >= 0.6 is 0 Å². The van der Waals surface area contributed by atoms with E-state index in [4.69, 9.17) is 0 Å². The summed E-state index contributed by atoms with van der Waals surface area (Å²) in [5.41, 5.74) is 3.12. The minimum Gasteiger partial charge on any atom is -0.310 e. The third-order valence-corrected chi connectivity index (χ3v) is 3.65. The number of aryl methyl sites for hydroxylation is 1. The van der Waals surface area contributed by atoms with Crippen LogP contribution in [0.25, 0.3) is 0 Å². The van der Waals surface area contributed by atoms with Crippen LogP contribution < -0.4 is 5.32 Å². The highest BCUT2D eigenvalue weighted by Gasteiger charge is 2.22. The van der Waals surface area contributed by atoms with Crippen molar-refractivity contribution in [2.45, 2.75) is 32.7 Å². The van der Waals surface area contributed by atoms with Crippen LogP contribution in [-0.4, -0.2) is 11.5 Å². The molecule has 0 saturated carbocycles. The quantitative estimate of drug-likeness (QED) is 0.890. The van der Waals surface area contributed by atoms with E-state index in [1.54, 1.807) is 12.3 Å². The van der Waals surface area contributed by atoms with Gasteiger partial charge in [0, 0.05) is 23.9 Å². The highest BCUT2D eigenvalue weighted by molar-refractivity contribution is 5.32. The number of rotatable bonds is 5. The van der Waals surface area contributed by atoms with E-state index < -0.39 is 0 Å². The third kappa shape index (κ3) is 3.23. The summed E-state index contributed by atoms with van der Waals surface area (Å²) in [5, 5.41) is 3.46. The second-order valence-electron chi connectivity index (χ2n) is 5.08. The lowest BCUT2D eigenvalue weighted by Crippen LogP contribution is -2.27. The molecule has 0 spiro atoms. The van der Waals surface area contributed by atoms with Crippen LogP contribution in [0.15, 0.2) is 42.6 Å². The fourth-order valence-corrected chi connectivity index (χ4v) is 2.54. The van der Waals surface area contributed by atoms with Crippen LogP contribution in [0.4, 0.5) is 4.39 Å². The number of hydrogen-bond acceptors (Lipinski definition) is 2. The molecule has 0 aliphatic rings. The minimum absolute atomic E-state index is 0.0607. The van der Waals surface area contributed by atoms with Crippen LogP contribution in [0.3, 0.4) is 0 Å². The van der Waals surface area contributed by atoms with Gasteiger partial charge in [0.15, 0.2) is 0 Å². The lowest BCUT2D eigenvalue weighted by atomic mass is 9.89. The molecule has 2 atom stereocenters. The highest BCUT2D eigenvalue weighted by Crippen LogP contribution is 2.31. The summed E-state index contributed by atoms with van der Waals surface area (Å²) < 4.78 is 13.6. The standard InChI is InChI=1S/C17H21FN2/c1-4-19-17(13(3)16-7-5-6-10-20-16)15-11-14(18)9-8-12(15)2/h5-11,13,17,19H,4H2,1-3H3. The van der Waals surface area contributed by atoms with Crippen LogP contribution in [0, 0.1) is 12.7 Å². The van der Waals surface area contributed by atoms with Gasteiger partial charge >= 0.3 is 0 Å². The van der Waals surface area contributed by atoms with Crippen molar-refractivity contribution < 1.29 is 4.39 Å². The lowest BCUT2D eigenvalue weighted by Gasteiger charge is -2.26. The molecule has 1 aromatic heterocycles. The zero-order chi connectivity index (χ0) is 14.5. The lowest BCUT2D eigenvalue weighted by molar-refractivity contribution is 0.467. The van der Waals surface area contributed by atoms with Crippen LogP contribution in [0.2, 0.25) is 0 Å². The first kappa shape index (κ1) is 14.7. The van der Waals surface area contributed by atoms with Gasteiger partial charge in [-0.2, -0.15) is 0 Å². The summed E-state index contributed by atoms with van der Waals surface area (Å²) in [6.45, 7) is 7.04. The molecule has 1 aromatic carbocycles. The topological polar surface area (TPSA) is 24.9 Å². The van der Waals surface area contributed by atoms with E-state index in [1.807, 2.05) is 31.2 Å². The number of benzene rings is 1. The largest absolute Gasteiger partial charge is 0.310 e. The van der Waals surface area contributed by atoms with Crippen LogP contribution in [0.1, 0.15) is 42.6 Å². The molecule has 0 saturated heterocycles. The monoisotopic (exact) mass is 272 g/mol. The molecule has 2 rings (SSSR count). The van der Waals surface area contributed by atoms with Crippen molar-refractivity contribution in [1.82, 2.24) is 10.3 Å². The number of nitrogens with one attached hydrogen (secondary N) is 1. The highest BCUT2D eigenvalue weighted by atomic mass is 19.1. The molecule has 0 fully saturated rings. The first-order valence-corrected chi connectivity index (χ1v) is 7.03. The minimum atomic E-state index is -0.193. The van der Waals surface area contributed by atoms with Crippen molar-refractivity contribution in [3.8, 4) is 0 Å². The molecular weight excluding hydrogens is 251 g/mol. The van der Waals surface area contributed by atoms with Gasteiger partial charge < -0.3 is 5.32 Å². The number of likely N-dealkylation sites (N-methyl/N-ethyl adjacent to an activating group) is 1. The van der Waals surface area contributed by atoms with Gasteiger partial charge in [-0.3, -0.25) is 4.98 Å². The van der Waals surface area contributed by atoms with Gasteiger partial charge in [0.1, 0.15) is 5.82 Å². The Labute approximate surface area is 120 Å². The first-order chi connectivity index (χ1) is 9.63. The Morgan fingerprint density at radius 2 is 2.05 bits per heavy atom. The number of aromatic nitrogens is 1. The zero-order valence-corrected chi connectivity index (χ0v) is 12.2. The maximum atomic E-state index is 13.6. The Morgan fingerprint density at radius 3 is 2.70 bits per heavy atom. The van der Waals surface area contributed by atoms with E-state index in [0.717, 1.165) is 23.4 Å². The molecule has 20 heavy (non-hydrogen) atoms. The van der Waals surface area contributed by atoms with Crippen LogP contribution in [0.5, 0.6) is 0 Å². The van der Waals surface area contributed by atoms with E-state index in [9.17, 15) is 4.39 Å². The molecule has 0 aliphatic heterocycles. The summed E-state index contributed by atoms with van der Waals surface area (Å²) in [6.07, 6.45) is 1.80. The fourth-order valence-electron chi connectivity index (χ4n) is 2.54. The van der Waals surface area contributed by atoms with Gasteiger partial charge in [0.05, 0.1) is 0 Å². The molecule has 0 amide bonds. The van der Waals surface area contributed by atoms with Gasteiger partial charge in [0.2, 0.25) is 0 Å². The van der Waals surface area contributed by atoms with E-state index >= 15 is 0 Å². The number of hydrogen-bond donors (Lipinski definition) is 1.